The average Bonchev–Trinajstić information content (AvgIpc) is 2.10. The van der Waals surface area contributed by atoms with E-state index in [0.29, 0.717) is 39.3 Å². The Balaban J connectivity index is 3.73. The molecule has 0 radical (unpaired) electrons. The zero-order valence-corrected chi connectivity index (χ0v) is 9.02. The molecule has 0 saturated carbocycles. The maximum Gasteiger partial charge on any atom is 0.401 e. The first-order chi connectivity index (χ1) is 6.99. The van der Waals surface area contributed by atoms with E-state index < -0.39 is 12.7 Å². The van der Waals surface area contributed by atoms with Gasteiger partial charge >= 0.3 is 6.18 Å². The summed E-state index contributed by atoms with van der Waals surface area (Å²) in [5.74, 6) is 0. The van der Waals surface area contributed by atoms with Crippen LogP contribution in [-0.2, 0) is 4.74 Å². The summed E-state index contributed by atoms with van der Waals surface area (Å²) in [6, 6.07) is 0. The molecule has 0 aliphatic carbocycles. The van der Waals surface area contributed by atoms with Crippen LogP contribution in [0, 0.1) is 0 Å². The predicted octanol–water partition coefficient (Wildman–Crippen LogP) is 1.24. The molecule has 0 aliphatic rings. The van der Waals surface area contributed by atoms with Crippen LogP contribution >= 0.6 is 0 Å². The van der Waals surface area contributed by atoms with Crippen LogP contribution in [0.4, 0.5) is 13.2 Å². The molecule has 0 fully saturated rings. The number of alkyl halides is 3. The van der Waals surface area contributed by atoms with Crippen LogP contribution in [-0.4, -0.2) is 50.5 Å². The number of rotatable bonds is 8. The van der Waals surface area contributed by atoms with Crippen molar-refractivity contribution < 1.29 is 17.9 Å². The zero-order chi connectivity index (χ0) is 11.7. The average molecular weight is 228 g/mol. The Labute approximate surface area is 88.4 Å². The van der Waals surface area contributed by atoms with Crippen molar-refractivity contribution in [3.05, 3.63) is 0 Å². The predicted molar refractivity (Wildman–Crippen MR) is 52.7 cm³/mol. The molecule has 0 saturated heterocycles. The molecular formula is C9H19F3N2O. The van der Waals surface area contributed by atoms with Gasteiger partial charge in [0.1, 0.15) is 0 Å². The number of hydrogen-bond donors (Lipinski definition) is 1. The van der Waals surface area contributed by atoms with E-state index >= 15 is 0 Å². The van der Waals surface area contributed by atoms with Crippen LogP contribution in [0.25, 0.3) is 0 Å². The first-order valence-electron chi connectivity index (χ1n) is 5.06. The lowest BCUT2D eigenvalue weighted by molar-refractivity contribution is -0.147. The first kappa shape index (κ1) is 14.7. The van der Waals surface area contributed by atoms with Gasteiger partial charge in [0.25, 0.3) is 0 Å². The number of halogens is 3. The molecular weight excluding hydrogens is 209 g/mol. The van der Waals surface area contributed by atoms with Crippen LogP contribution in [0.15, 0.2) is 0 Å². The lowest BCUT2D eigenvalue weighted by atomic mass is 10.4. The largest absolute Gasteiger partial charge is 0.401 e. The van der Waals surface area contributed by atoms with Crippen molar-refractivity contribution >= 4 is 0 Å². The summed E-state index contributed by atoms with van der Waals surface area (Å²) in [6.45, 7) is 2.81. The molecule has 2 N–H and O–H groups in total. The molecule has 92 valence electrons. The number of nitrogens with two attached hydrogens (primary N) is 1. The topological polar surface area (TPSA) is 38.5 Å². The molecule has 0 atom stereocenters. The van der Waals surface area contributed by atoms with Gasteiger partial charge in [-0.05, 0) is 13.0 Å². The molecule has 0 aromatic rings. The van der Waals surface area contributed by atoms with E-state index in [-0.39, 0.29) is 0 Å². The Hall–Kier alpha value is -0.330. The van der Waals surface area contributed by atoms with Crippen LogP contribution < -0.4 is 5.73 Å². The summed E-state index contributed by atoms with van der Waals surface area (Å²) >= 11 is 0. The van der Waals surface area contributed by atoms with Gasteiger partial charge in [-0.2, -0.15) is 13.2 Å². The van der Waals surface area contributed by atoms with Crippen LogP contribution in [0.5, 0.6) is 0 Å². The molecule has 15 heavy (non-hydrogen) atoms. The Morgan fingerprint density at radius 1 is 1.20 bits per heavy atom. The third kappa shape index (κ3) is 9.96. The molecule has 3 nitrogen and oxygen atoms in total. The number of nitrogens with zero attached hydrogens (tertiary/aromatic N) is 1. The van der Waals surface area contributed by atoms with E-state index in [0.717, 1.165) is 0 Å². The van der Waals surface area contributed by atoms with Gasteiger partial charge in [0.15, 0.2) is 0 Å². The SMILES string of the molecule is CCCN(CCOCCN)CC(F)(F)F. The van der Waals surface area contributed by atoms with Crippen LogP contribution in [0.1, 0.15) is 13.3 Å². The second kappa shape index (κ2) is 7.90. The van der Waals surface area contributed by atoms with E-state index in [4.69, 9.17) is 10.5 Å². The summed E-state index contributed by atoms with van der Waals surface area (Å²) in [6.07, 6.45) is -3.43. The fourth-order valence-corrected chi connectivity index (χ4v) is 1.22. The molecule has 0 amide bonds. The molecule has 0 unspecified atom stereocenters. The smallest absolute Gasteiger partial charge is 0.379 e. The molecule has 0 aromatic carbocycles. The molecule has 6 heteroatoms. The third-order valence-electron chi connectivity index (χ3n) is 1.76. The Kier molecular flexibility index (Phi) is 7.72. The summed E-state index contributed by atoms with van der Waals surface area (Å²) in [5.41, 5.74) is 5.19. The van der Waals surface area contributed by atoms with E-state index in [1.54, 1.807) is 0 Å². The molecule has 0 bridgehead atoms. The summed E-state index contributed by atoms with van der Waals surface area (Å²) in [7, 11) is 0. The molecule has 0 heterocycles. The number of hydrogen-bond acceptors (Lipinski definition) is 3. The van der Waals surface area contributed by atoms with Crippen molar-refractivity contribution in [2.45, 2.75) is 19.5 Å². The zero-order valence-electron chi connectivity index (χ0n) is 9.02. The quantitative estimate of drug-likeness (QED) is 0.635. The Morgan fingerprint density at radius 3 is 2.33 bits per heavy atom. The van der Waals surface area contributed by atoms with Gasteiger partial charge in [-0.25, -0.2) is 0 Å². The van der Waals surface area contributed by atoms with Gasteiger partial charge in [-0.1, -0.05) is 6.92 Å². The monoisotopic (exact) mass is 228 g/mol. The van der Waals surface area contributed by atoms with E-state index in [2.05, 4.69) is 0 Å². The van der Waals surface area contributed by atoms with Gasteiger partial charge in [0.2, 0.25) is 0 Å². The maximum atomic E-state index is 12.1. The van der Waals surface area contributed by atoms with Crippen molar-refractivity contribution in [1.29, 1.82) is 0 Å². The highest BCUT2D eigenvalue weighted by atomic mass is 19.4. The molecule has 0 aliphatic heterocycles. The fourth-order valence-electron chi connectivity index (χ4n) is 1.22. The van der Waals surface area contributed by atoms with Gasteiger partial charge < -0.3 is 10.5 Å². The minimum Gasteiger partial charge on any atom is -0.379 e. The lowest BCUT2D eigenvalue weighted by Gasteiger charge is -2.22. The van der Waals surface area contributed by atoms with Gasteiger partial charge in [0.05, 0.1) is 19.8 Å². The fraction of sp³-hybridized carbons (Fsp3) is 1.00. The first-order valence-corrected chi connectivity index (χ1v) is 5.06. The minimum atomic E-state index is -4.14. The second-order valence-corrected chi connectivity index (χ2v) is 3.29. The van der Waals surface area contributed by atoms with Crippen molar-refractivity contribution in [1.82, 2.24) is 4.90 Å². The van der Waals surface area contributed by atoms with Crippen molar-refractivity contribution in [2.75, 3.05) is 39.4 Å². The maximum absolute atomic E-state index is 12.1. The second-order valence-electron chi connectivity index (χ2n) is 3.29. The van der Waals surface area contributed by atoms with Gasteiger partial charge in [-0.15, -0.1) is 0 Å². The molecule has 0 spiro atoms. The van der Waals surface area contributed by atoms with Crippen molar-refractivity contribution in [3.63, 3.8) is 0 Å². The standard InChI is InChI=1S/C9H19F3N2O/c1-2-4-14(8-9(10,11)12)5-7-15-6-3-13/h2-8,13H2,1H3. The van der Waals surface area contributed by atoms with E-state index in [1.807, 2.05) is 6.92 Å². The highest BCUT2D eigenvalue weighted by Gasteiger charge is 2.29. The Bertz CT molecular complexity index is 153. The van der Waals surface area contributed by atoms with Crippen molar-refractivity contribution in [3.8, 4) is 0 Å². The van der Waals surface area contributed by atoms with Gasteiger partial charge in [-0.3, -0.25) is 4.90 Å². The minimum absolute atomic E-state index is 0.299. The summed E-state index contributed by atoms with van der Waals surface area (Å²) in [5, 5.41) is 0. The van der Waals surface area contributed by atoms with Crippen molar-refractivity contribution in [2.24, 2.45) is 5.73 Å². The Morgan fingerprint density at radius 2 is 1.87 bits per heavy atom. The number of ether oxygens (including phenoxy) is 1. The molecule has 0 aromatic heterocycles. The summed E-state index contributed by atoms with van der Waals surface area (Å²) < 4.78 is 41.3. The molecule has 0 rings (SSSR count). The third-order valence-corrected chi connectivity index (χ3v) is 1.76. The van der Waals surface area contributed by atoms with E-state index in [1.165, 1.54) is 4.90 Å². The normalized spacial score (nSPS) is 12.4. The highest BCUT2D eigenvalue weighted by molar-refractivity contribution is 4.62. The lowest BCUT2D eigenvalue weighted by Crippen LogP contribution is -2.37. The summed E-state index contributed by atoms with van der Waals surface area (Å²) in [4.78, 5) is 1.34. The van der Waals surface area contributed by atoms with E-state index in [9.17, 15) is 13.2 Å². The van der Waals surface area contributed by atoms with Gasteiger partial charge in [0, 0.05) is 13.1 Å². The van der Waals surface area contributed by atoms with Crippen LogP contribution in [0.2, 0.25) is 0 Å². The highest BCUT2D eigenvalue weighted by Crippen LogP contribution is 2.16. The van der Waals surface area contributed by atoms with Crippen LogP contribution in [0.3, 0.4) is 0 Å².